The third-order valence-electron chi connectivity index (χ3n) is 5.15. The van der Waals surface area contributed by atoms with Gasteiger partial charge in [-0.15, -0.1) is 0 Å². The molecule has 0 radical (unpaired) electrons. The van der Waals surface area contributed by atoms with Gasteiger partial charge in [0.1, 0.15) is 22.9 Å². The lowest BCUT2D eigenvalue weighted by Crippen LogP contribution is -2.47. The molecule has 4 rings (SSSR count). The number of amides is 1. The molecule has 1 amide bonds. The molecule has 31 heavy (non-hydrogen) atoms. The van der Waals surface area contributed by atoms with Gasteiger partial charge in [-0.2, -0.15) is 4.98 Å². The SMILES string of the molecule is COc1ccc(NC(=O)c2cnc(N3CCN(c4ccc(F)cc4)CC3)nc2N)cc1. The molecule has 1 aliphatic rings. The zero-order chi connectivity index (χ0) is 21.8. The molecule has 9 heteroatoms. The van der Waals surface area contributed by atoms with E-state index in [1.807, 2.05) is 4.90 Å². The molecule has 2 heterocycles. The van der Waals surface area contributed by atoms with Gasteiger partial charge >= 0.3 is 0 Å². The van der Waals surface area contributed by atoms with Gasteiger partial charge in [0, 0.05) is 43.8 Å². The Balaban J connectivity index is 1.39. The fourth-order valence-corrected chi connectivity index (χ4v) is 3.40. The molecule has 0 spiro atoms. The summed E-state index contributed by atoms with van der Waals surface area (Å²) in [5, 5.41) is 2.78. The Bertz CT molecular complexity index is 1050. The van der Waals surface area contributed by atoms with Gasteiger partial charge in [-0.3, -0.25) is 4.79 Å². The predicted molar refractivity (Wildman–Crippen MR) is 118 cm³/mol. The lowest BCUT2D eigenvalue weighted by Gasteiger charge is -2.36. The van der Waals surface area contributed by atoms with Crippen LogP contribution in [0, 0.1) is 5.82 Å². The minimum atomic E-state index is -0.379. The average Bonchev–Trinajstić information content (AvgIpc) is 2.80. The maximum absolute atomic E-state index is 13.1. The van der Waals surface area contributed by atoms with Crippen molar-refractivity contribution >= 4 is 29.0 Å². The summed E-state index contributed by atoms with van der Waals surface area (Å²) in [6, 6.07) is 13.5. The monoisotopic (exact) mass is 422 g/mol. The Hall–Kier alpha value is -3.88. The molecule has 2 aromatic carbocycles. The molecule has 0 unspecified atom stereocenters. The molecule has 0 bridgehead atoms. The first kappa shape index (κ1) is 20.4. The van der Waals surface area contributed by atoms with Gasteiger partial charge < -0.3 is 25.6 Å². The van der Waals surface area contributed by atoms with Gasteiger partial charge in [0.05, 0.1) is 7.11 Å². The van der Waals surface area contributed by atoms with Crippen LogP contribution in [0.1, 0.15) is 10.4 Å². The molecule has 1 aromatic heterocycles. The minimum absolute atomic E-state index is 0.122. The highest BCUT2D eigenvalue weighted by Crippen LogP contribution is 2.21. The molecular weight excluding hydrogens is 399 g/mol. The number of rotatable bonds is 5. The zero-order valence-electron chi connectivity index (χ0n) is 17.1. The molecule has 0 aliphatic carbocycles. The lowest BCUT2D eigenvalue weighted by molar-refractivity contribution is 0.102. The van der Waals surface area contributed by atoms with Crippen LogP contribution in [0.4, 0.5) is 27.5 Å². The van der Waals surface area contributed by atoms with Crippen molar-refractivity contribution in [1.82, 2.24) is 9.97 Å². The molecule has 3 N–H and O–H groups in total. The van der Waals surface area contributed by atoms with Crippen LogP contribution in [0.15, 0.2) is 54.7 Å². The summed E-state index contributed by atoms with van der Waals surface area (Å²) in [6.45, 7) is 2.87. The number of carbonyl (C=O) groups excluding carboxylic acids is 1. The van der Waals surface area contributed by atoms with E-state index in [2.05, 4.69) is 20.2 Å². The van der Waals surface area contributed by atoms with Crippen molar-refractivity contribution < 1.29 is 13.9 Å². The smallest absolute Gasteiger partial charge is 0.260 e. The first-order valence-corrected chi connectivity index (χ1v) is 9.87. The highest BCUT2D eigenvalue weighted by atomic mass is 19.1. The zero-order valence-corrected chi connectivity index (χ0v) is 17.1. The summed E-state index contributed by atoms with van der Waals surface area (Å²) in [5.41, 5.74) is 7.86. The number of benzene rings is 2. The highest BCUT2D eigenvalue weighted by molar-refractivity contribution is 6.07. The van der Waals surface area contributed by atoms with Crippen molar-refractivity contribution in [2.75, 3.05) is 54.1 Å². The van der Waals surface area contributed by atoms with E-state index >= 15 is 0 Å². The van der Waals surface area contributed by atoms with Gasteiger partial charge in [0.25, 0.3) is 5.91 Å². The highest BCUT2D eigenvalue weighted by Gasteiger charge is 2.21. The number of nitrogens with two attached hydrogens (primary N) is 1. The van der Waals surface area contributed by atoms with Crippen molar-refractivity contribution in [3.05, 3.63) is 66.1 Å². The average molecular weight is 422 g/mol. The second kappa shape index (κ2) is 8.86. The number of nitrogens with one attached hydrogen (secondary N) is 1. The van der Waals surface area contributed by atoms with Gasteiger partial charge in [-0.05, 0) is 48.5 Å². The molecule has 1 fully saturated rings. The number of anilines is 4. The van der Waals surface area contributed by atoms with E-state index < -0.39 is 0 Å². The van der Waals surface area contributed by atoms with Crippen LogP contribution in [0.2, 0.25) is 0 Å². The minimum Gasteiger partial charge on any atom is -0.497 e. The summed E-state index contributed by atoms with van der Waals surface area (Å²) in [7, 11) is 1.58. The fourth-order valence-electron chi connectivity index (χ4n) is 3.40. The van der Waals surface area contributed by atoms with Gasteiger partial charge in [-0.1, -0.05) is 0 Å². The topological polar surface area (TPSA) is 96.6 Å². The molecule has 1 saturated heterocycles. The van der Waals surface area contributed by atoms with Crippen LogP contribution in [0.25, 0.3) is 0 Å². The van der Waals surface area contributed by atoms with Gasteiger partial charge in [0.2, 0.25) is 5.95 Å². The Morgan fingerprint density at radius 2 is 1.68 bits per heavy atom. The van der Waals surface area contributed by atoms with Crippen LogP contribution in [0.5, 0.6) is 5.75 Å². The third kappa shape index (κ3) is 4.66. The number of halogens is 1. The van der Waals surface area contributed by atoms with Crippen LogP contribution in [-0.2, 0) is 0 Å². The van der Waals surface area contributed by atoms with E-state index in [0.29, 0.717) is 30.5 Å². The van der Waals surface area contributed by atoms with E-state index in [9.17, 15) is 9.18 Å². The molecule has 3 aromatic rings. The van der Waals surface area contributed by atoms with E-state index in [4.69, 9.17) is 10.5 Å². The Labute approximate surface area is 179 Å². The quantitative estimate of drug-likeness (QED) is 0.653. The molecular formula is C22H23FN6O2. The van der Waals surface area contributed by atoms with Gasteiger partial charge in [-0.25, -0.2) is 9.37 Å². The Morgan fingerprint density at radius 3 is 2.29 bits per heavy atom. The summed E-state index contributed by atoms with van der Waals surface area (Å²) < 4.78 is 18.2. The number of methoxy groups -OCH3 is 1. The van der Waals surface area contributed by atoms with E-state index in [0.717, 1.165) is 18.8 Å². The van der Waals surface area contributed by atoms with Crippen molar-refractivity contribution in [2.45, 2.75) is 0 Å². The molecule has 160 valence electrons. The summed E-state index contributed by atoms with van der Waals surface area (Å²) in [4.78, 5) is 25.4. The fraction of sp³-hybridized carbons (Fsp3) is 0.227. The standard InChI is InChI=1S/C22H23FN6O2/c1-31-18-8-4-16(5-9-18)26-21(30)19-14-25-22(27-20(19)24)29-12-10-28(11-13-29)17-6-2-15(23)3-7-17/h2-9,14H,10-13H2,1H3,(H,26,30)(H2,24,25,27). The maximum atomic E-state index is 13.1. The van der Waals surface area contributed by atoms with Crippen molar-refractivity contribution in [3.8, 4) is 5.75 Å². The molecule has 0 saturated carbocycles. The first-order chi connectivity index (χ1) is 15.0. The Morgan fingerprint density at radius 1 is 1.03 bits per heavy atom. The van der Waals surface area contributed by atoms with Crippen LogP contribution >= 0.6 is 0 Å². The van der Waals surface area contributed by atoms with Crippen LogP contribution in [0.3, 0.4) is 0 Å². The summed E-state index contributed by atoms with van der Waals surface area (Å²) in [5.74, 6) is 0.677. The molecule has 1 aliphatic heterocycles. The Kier molecular flexibility index (Phi) is 5.83. The predicted octanol–water partition coefficient (Wildman–Crippen LogP) is 2.79. The number of carbonyl (C=O) groups is 1. The van der Waals surface area contributed by atoms with E-state index in [-0.39, 0.29) is 23.1 Å². The largest absolute Gasteiger partial charge is 0.497 e. The summed E-state index contributed by atoms with van der Waals surface area (Å²) in [6.07, 6.45) is 1.45. The number of piperazine rings is 1. The number of aromatic nitrogens is 2. The van der Waals surface area contributed by atoms with Crippen LogP contribution in [-0.4, -0.2) is 49.2 Å². The van der Waals surface area contributed by atoms with Crippen molar-refractivity contribution in [1.29, 1.82) is 0 Å². The summed E-state index contributed by atoms with van der Waals surface area (Å²) >= 11 is 0. The number of hydrogen-bond acceptors (Lipinski definition) is 7. The number of nitrogens with zero attached hydrogens (tertiary/aromatic N) is 4. The first-order valence-electron chi connectivity index (χ1n) is 9.87. The molecule has 8 nitrogen and oxygen atoms in total. The van der Waals surface area contributed by atoms with Crippen LogP contribution < -0.4 is 25.6 Å². The maximum Gasteiger partial charge on any atom is 0.260 e. The van der Waals surface area contributed by atoms with Gasteiger partial charge in [0.15, 0.2) is 0 Å². The van der Waals surface area contributed by atoms with Crippen molar-refractivity contribution in [3.63, 3.8) is 0 Å². The number of nitrogen functional groups attached to an aromatic ring is 1. The third-order valence-corrected chi connectivity index (χ3v) is 5.15. The second-order valence-electron chi connectivity index (χ2n) is 7.10. The van der Waals surface area contributed by atoms with E-state index in [1.165, 1.54) is 18.3 Å². The van der Waals surface area contributed by atoms with E-state index in [1.54, 1.807) is 43.5 Å². The normalized spacial score (nSPS) is 13.7. The lowest BCUT2D eigenvalue weighted by atomic mass is 10.2. The van der Waals surface area contributed by atoms with Crippen molar-refractivity contribution in [2.24, 2.45) is 0 Å². The molecule has 0 atom stereocenters. The number of hydrogen-bond donors (Lipinski definition) is 2. The second-order valence-corrected chi connectivity index (χ2v) is 7.10. The number of ether oxygens (including phenoxy) is 1.